The Bertz CT molecular complexity index is 329. The molecule has 4 N–H and O–H groups in total. The van der Waals surface area contributed by atoms with E-state index < -0.39 is 0 Å². The first-order valence-electron chi connectivity index (χ1n) is 5.40. The number of methoxy groups -OCH3 is 2. The van der Waals surface area contributed by atoms with Crippen LogP contribution < -0.4 is 20.9 Å². The summed E-state index contributed by atoms with van der Waals surface area (Å²) in [5.41, 5.74) is 12.5. The Kier molecular flexibility index (Phi) is 5.08. The van der Waals surface area contributed by atoms with Crippen LogP contribution in [0.15, 0.2) is 18.2 Å². The third-order valence-corrected chi connectivity index (χ3v) is 2.56. The summed E-state index contributed by atoms with van der Waals surface area (Å²) >= 11 is 0. The molecule has 0 saturated heterocycles. The predicted molar refractivity (Wildman–Crippen MR) is 64.8 cm³/mol. The fourth-order valence-electron chi connectivity index (χ4n) is 1.62. The molecule has 0 aliphatic carbocycles. The van der Waals surface area contributed by atoms with Crippen molar-refractivity contribution >= 4 is 0 Å². The zero-order chi connectivity index (χ0) is 12.0. The van der Waals surface area contributed by atoms with Gasteiger partial charge in [0.15, 0.2) is 0 Å². The van der Waals surface area contributed by atoms with Crippen LogP contribution >= 0.6 is 0 Å². The van der Waals surface area contributed by atoms with Crippen molar-refractivity contribution in [3.05, 3.63) is 23.8 Å². The summed E-state index contributed by atoms with van der Waals surface area (Å²) in [6.45, 7) is 0.653. The average molecular weight is 224 g/mol. The Morgan fingerprint density at radius 2 is 2.00 bits per heavy atom. The number of nitrogens with two attached hydrogens (primary N) is 2. The van der Waals surface area contributed by atoms with Gasteiger partial charge in [0.2, 0.25) is 0 Å². The summed E-state index contributed by atoms with van der Waals surface area (Å²) in [5.74, 6) is 1.59. The molecule has 1 aromatic rings. The molecule has 0 unspecified atom stereocenters. The quantitative estimate of drug-likeness (QED) is 0.767. The maximum Gasteiger partial charge on any atom is 0.123 e. The molecule has 16 heavy (non-hydrogen) atoms. The van der Waals surface area contributed by atoms with E-state index in [2.05, 4.69) is 0 Å². The molecule has 90 valence electrons. The van der Waals surface area contributed by atoms with Gasteiger partial charge >= 0.3 is 0 Å². The Labute approximate surface area is 96.5 Å². The Morgan fingerprint density at radius 1 is 1.25 bits per heavy atom. The topological polar surface area (TPSA) is 70.5 Å². The zero-order valence-corrected chi connectivity index (χ0v) is 9.90. The molecule has 4 nitrogen and oxygen atoms in total. The van der Waals surface area contributed by atoms with Gasteiger partial charge in [-0.25, -0.2) is 0 Å². The molecule has 4 heteroatoms. The maximum absolute atomic E-state index is 6.09. The van der Waals surface area contributed by atoms with Gasteiger partial charge in [0.25, 0.3) is 0 Å². The highest BCUT2D eigenvalue weighted by molar-refractivity contribution is 5.42. The average Bonchev–Trinajstić information content (AvgIpc) is 2.35. The first kappa shape index (κ1) is 12.8. The summed E-state index contributed by atoms with van der Waals surface area (Å²) in [4.78, 5) is 0. The van der Waals surface area contributed by atoms with E-state index >= 15 is 0 Å². The van der Waals surface area contributed by atoms with Crippen LogP contribution in [0.3, 0.4) is 0 Å². The van der Waals surface area contributed by atoms with Crippen LogP contribution in [0.5, 0.6) is 11.5 Å². The number of hydrogen-bond acceptors (Lipinski definition) is 4. The SMILES string of the molecule is COc1ccc(OC)c([C@@H](N)CCCN)c1. The smallest absolute Gasteiger partial charge is 0.123 e. The minimum absolute atomic E-state index is 0.0615. The standard InChI is InChI=1S/C12H20N2O2/c1-15-9-5-6-12(16-2)10(8-9)11(14)4-3-7-13/h5-6,8,11H,3-4,7,13-14H2,1-2H3/t11-/m0/s1. The van der Waals surface area contributed by atoms with Gasteiger partial charge in [-0.3, -0.25) is 0 Å². The van der Waals surface area contributed by atoms with Gasteiger partial charge < -0.3 is 20.9 Å². The molecule has 0 aliphatic rings. The van der Waals surface area contributed by atoms with Crippen molar-refractivity contribution in [2.24, 2.45) is 11.5 Å². The largest absolute Gasteiger partial charge is 0.497 e. The maximum atomic E-state index is 6.09. The molecule has 0 bridgehead atoms. The number of hydrogen-bond donors (Lipinski definition) is 2. The van der Waals surface area contributed by atoms with Crippen LogP contribution in [0.25, 0.3) is 0 Å². The van der Waals surface area contributed by atoms with E-state index in [0.29, 0.717) is 6.54 Å². The van der Waals surface area contributed by atoms with Crippen LogP contribution in [0.4, 0.5) is 0 Å². The molecule has 0 amide bonds. The van der Waals surface area contributed by atoms with Crippen molar-refractivity contribution in [3.8, 4) is 11.5 Å². The van der Waals surface area contributed by atoms with Crippen LogP contribution in [0.1, 0.15) is 24.4 Å². The zero-order valence-electron chi connectivity index (χ0n) is 9.90. The van der Waals surface area contributed by atoms with Crippen molar-refractivity contribution in [3.63, 3.8) is 0 Å². The summed E-state index contributed by atoms with van der Waals surface area (Å²) in [6.07, 6.45) is 1.75. The molecule has 0 heterocycles. The van der Waals surface area contributed by atoms with Gasteiger partial charge in [0, 0.05) is 11.6 Å². The van der Waals surface area contributed by atoms with E-state index in [-0.39, 0.29) is 6.04 Å². The van der Waals surface area contributed by atoms with E-state index in [1.807, 2.05) is 18.2 Å². The molecule has 0 fully saturated rings. The number of ether oxygens (including phenoxy) is 2. The van der Waals surface area contributed by atoms with Crippen LogP contribution in [-0.4, -0.2) is 20.8 Å². The normalized spacial score (nSPS) is 12.2. The second kappa shape index (κ2) is 6.35. The van der Waals surface area contributed by atoms with Gasteiger partial charge in [0.1, 0.15) is 11.5 Å². The van der Waals surface area contributed by atoms with Crippen molar-refractivity contribution in [2.75, 3.05) is 20.8 Å². The van der Waals surface area contributed by atoms with Crippen LogP contribution in [0, 0.1) is 0 Å². The Balaban J connectivity index is 2.89. The molecular weight excluding hydrogens is 204 g/mol. The second-order valence-electron chi connectivity index (χ2n) is 3.65. The van der Waals surface area contributed by atoms with E-state index in [9.17, 15) is 0 Å². The summed E-state index contributed by atoms with van der Waals surface area (Å²) < 4.78 is 10.5. The van der Waals surface area contributed by atoms with Crippen LogP contribution in [0.2, 0.25) is 0 Å². The first-order chi connectivity index (χ1) is 7.72. The predicted octanol–water partition coefficient (Wildman–Crippen LogP) is 1.44. The van der Waals surface area contributed by atoms with Gasteiger partial charge in [-0.2, -0.15) is 0 Å². The molecule has 0 saturated carbocycles. The molecule has 1 aromatic carbocycles. The fraction of sp³-hybridized carbons (Fsp3) is 0.500. The van der Waals surface area contributed by atoms with E-state index in [1.165, 1.54) is 0 Å². The van der Waals surface area contributed by atoms with Crippen LogP contribution in [-0.2, 0) is 0 Å². The number of rotatable bonds is 6. The molecule has 1 rings (SSSR count). The third-order valence-electron chi connectivity index (χ3n) is 2.56. The lowest BCUT2D eigenvalue weighted by Crippen LogP contribution is -2.13. The van der Waals surface area contributed by atoms with Gasteiger partial charge in [-0.1, -0.05) is 0 Å². The molecule has 0 aromatic heterocycles. The van der Waals surface area contributed by atoms with E-state index in [4.69, 9.17) is 20.9 Å². The Hall–Kier alpha value is -1.26. The number of benzene rings is 1. The molecule has 0 aliphatic heterocycles. The summed E-state index contributed by atoms with van der Waals surface area (Å²) in [5, 5.41) is 0. The van der Waals surface area contributed by atoms with E-state index in [0.717, 1.165) is 29.9 Å². The highest BCUT2D eigenvalue weighted by Crippen LogP contribution is 2.30. The molecular formula is C12H20N2O2. The van der Waals surface area contributed by atoms with Gasteiger partial charge in [-0.05, 0) is 37.6 Å². The lowest BCUT2D eigenvalue weighted by molar-refractivity contribution is 0.393. The minimum Gasteiger partial charge on any atom is -0.497 e. The van der Waals surface area contributed by atoms with Crippen molar-refractivity contribution < 1.29 is 9.47 Å². The van der Waals surface area contributed by atoms with Crippen molar-refractivity contribution in [1.29, 1.82) is 0 Å². The highest BCUT2D eigenvalue weighted by atomic mass is 16.5. The highest BCUT2D eigenvalue weighted by Gasteiger charge is 2.12. The van der Waals surface area contributed by atoms with E-state index in [1.54, 1.807) is 14.2 Å². The lowest BCUT2D eigenvalue weighted by atomic mass is 10.0. The van der Waals surface area contributed by atoms with Gasteiger partial charge in [-0.15, -0.1) is 0 Å². The molecule has 0 radical (unpaired) electrons. The molecule has 1 atom stereocenters. The third kappa shape index (κ3) is 3.12. The summed E-state index contributed by atoms with van der Waals surface area (Å²) in [6, 6.07) is 5.59. The van der Waals surface area contributed by atoms with Gasteiger partial charge in [0.05, 0.1) is 14.2 Å². The second-order valence-corrected chi connectivity index (χ2v) is 3.65. The van der Waals surface area contributed by atoms with Crippen molar-refractivity contribution in [2.45, 2.75) is 18.9 Å². The lowest BCUT2D eigenvalue weighted by Gasteiger charge is -2.16. The minimum atomic E-state index is -0.0615. The first-order valence-corrected chi connectivity index (χ1v) is 5.40. The Morgan fingerprint density at radius 3 is 2.56 bits per heavy atom. The monoisotopic (exact) mass is 224 g/mol. The fourth-order valence-corrected chi connectivity index (χ4v) is 1.62. The summed E-state index contributed by atoms with van der Waals surface area (Å²) in [7, 11) is 3.28. The van der Waals surface area contributed by atoms with Crippen molar-refractivity contribution in [1.82, 2.24) is 0 Å². The molecule has 0 spiro atoms.